The molecule has 0 bridgehead atoms. The largest absolute Gasteiger partial charge is 0.308 e. The third-order valence-corrected chi connectivity index (χ3v) is 5.39. The molecule has 0 aliphatic heterocycles. The first-order chi connectivity index (χ1) is 8.28. The van der Waals surface area contributed by atoms with Gasteiger partial charge in [0.15, 0.2) is 0 Å². The minimum absolute atomic E-state index is 0.358. The molecular weight excluding hydrogens is 230 g/mol. The highest BCUT2D eigenvalue weighted by atomic mass is 32.1. The Balaban J connectivity index is 1.61. The van der Waals surface area contributed by atoms with E-state index in [0.29, 0.717) is 6.04 Å². The van der Waals surface area contributed by atoms with E-state index >= 15 is 0 Å². The summed E-state index contributed by atoms with van der Waals surface area (Å²) in [4.78, 5) is 0. The molecule has 3 atom stereocenters. The smallest absolute Gasteiger partial charge is 0.134 e. The molecule has 1 aromatic heterocycles. The van der Waals surface area contributed by atoms with E-state index in [4.69, 9.17) is 0 Å². The third kappa shape index (κ3) is 2.38. The van der Waals surface area contributed by atoms with Crippen molar-refractivity contribution >= 4 is 11.3 Å². The first-order valence-electron chi connectivity index (χ1n) is 6.84. The maximum absolute atomic E-state index is 4.41. The van der Waals surface area contributed by atoms with Crippen LogP contribution in [0.1, 0.15) is 61.5 Å². The Kier molecular flexibility index (Phi) is 3.17. The molecule has 3 unspecified atom stereocenters. The second-order valence-electron chi connectivity index (χ2n) is 5.58. The Bertz CT molecular complexity index is 380. The number of fused-ring (bicyclic) bond motifs is 1. The summed E-state index contributed by atoms with van der Waals surface area (Å²) in [5.74, 6) is 2.79. The highest BCUT2D eigenvalue weighted by molar-refractivity contribution is 7.11. The molecule has 2 aliphatic rings. The van der Waals surface area contributed by atoms with E-state index in [9.17, 15) is 0 Å². The average molecular weight is 251 g/mol. The summed E-state index contributed by atoms with van der Waals surface area (Å²) in [7, 11) is 0. The lowest BCUT2D eigenvalue weighted by molar-refractivity contribution is 0.562. The number of rotatable bonds is 5. The Labute approximate surface area is 107 Å². The molecule has 17 heavy (non-hydrogen) atoms. The fourth-order valence-corrected chi connectivity index (χ4v) is 3.95. The van der Waals surface area contributed by atoms with E-state index < -0.39 is 0 Å². The van der Waals surface area contributed by atoms with Crippen LogP contribution in [0.2, 0.25) is 0 Å². The maximum Gasteiger partial charge on any atom is 0.134 e. The second kappa shape index (κ2) is 4.65. The zero-order valence-electron chi connectivity index (χ0n) is 10.6. The van der Waals surface area contributed by atoms with Crippen LogP contribution in [0, 0.1) is 11.8 Å². The quantitative estimate of drug-likeness (QED) is 0.873. The van der Waals surface area contributed by atoms with Gasteiger partial charge in [0.1, 0.15) is 10.0 Å². The van der Waals surface area contributed by atoms with Gasteiger partial charge in [-0.05, 0) is 51.0 Å². The third-order valence-electron chi connectivity index (χ3n) is 4.12. The minimum atomic E-state index is 0.358. The van der Waals surface area contributed by atoms with Crippen molar-refractivity contribution in [3.8, 4) is 0 Å². The van der Waals surface area contributed by atoms with Crippen LogP contribution in [0.25, 0.3) is 0 Å². The Morgan fingerprint density at radius 1 is 1.29 bits per heavy atom. The average Bonchev–Trinajstić information content (AvgIpc) is 2.82. The maximum atomic E-state index is 4.41. The Morgan fingerprint density at radius 3 is 2.76 bits per heavy atom. The van der Waals surface area contributed by atoms with Crippen molar-refractivity contribution in [2.24, 2.45) is 11.8 Å². The van der Waals surface area contributed by atoms with Crippen molar-refractivity contribution < 1.29 is 0 Å². The first kappa shape index (κ1) is 11.6. The molecule has 0 amide bonds. The van der Waals surface area contributed by atoms with Gasteiger partial charge in [0.25, 0.3) is 0 Å². The van der Waals surface area contributed by atoms with Crippen LogP contribution < -0.4 is 5.32 Å². The van der Waals surface area contributed by atoms with E-state index in [2.05, 4.69) is 29.4 Å². The van der Waals surface area contributed by atoms with E-state index in [1.54, 1.807) is 0 Å². The normalized spacial score (nSPS) is 32.5. The Hall–Kier alpha value is -0.480. The number of nitrogens with one attached hydrogen (secondary N) is 1. The number of nitrogens with zero attached hydrogens (tertiary/aromatic N) is 2. The molecule has 4 heteroatoms. The molecule has 1 heterocycles. The second-order valence-corrected chi connectivity index (χ2v) is 6.62. The van der Waals surface area contributed by atoms with Crippen LogP contribution in [0.3, 0.4) is 0 Å². The van der Waals surface area contributed by atoms with Gasteiger partial charge in [-0.15, -0.1) is 10.2 Å². The zero-order valence-corrected chi connectivity index (χ0v) is 11.5. The summed E-state index contributed by atoms with van der Waals surface area (Å²) in [6.07, 6.45) is 5.39. The minimum Gasteiger partial charge on any atom is -0.308 e. The molecule has 0 radical (unpaired) electrons. The van der Waals surface area contributed by atoms with Gasteiger partial charge in [0.2, 0.25) is 0 Å². The summed E-state index contributed by atoms with van der Waals surface area (Å²) in [5, 5.41) is 14.7. The fraction of sp³-hybridized carbons (Fsp3) is 0.846. The highest BCUT2D eigenvalue weighted by Gasteiger charge is 2.47. The first-order valence-corrected chi connectivity index (χ1v) is 7.66. The molecule has 3 rings (SSSR count). The standard InChI is InChI=1S/C13H21N3S/c1-3-4-14-8(2)12-15-16-13(17-12)11-6-9-5-10(9)7-11/h8-11,14H,3-7H2,1-2H3. The van der Waals surface area contributed by atoms with E-state index in [-0.39, 0.29) is 0 Å². The predicted molar refractivity (Wildman–Crippen MR) is 70.2 cm³/mol. The summed E-state index contributed by atoms with van der Waals surface area (Å²) < 4.78 is 0. The SMILES string of the molecule is CCCNC(C)c1nnc(C2CC3CC3C2)s1. The fourth-order valence-electron chi connectivity index (χ4n) is 2.95. The van der Waals surface area contributed by atoms with Crippen LogP contribution in [0.15, 0.2) is 0 Å². The van der Waals surface area contributed by atoms with Crippen molar-refractivity contribution in [2.75, 3.05) is 6.54 Å². The van der Waals surface area contributed by atoms with Crippen molar-refractivity contribution in [3.63, 3.8) is 0 Å². The number of hydrogen-bond donors (Lipinski definition) is 1. The van der Waals surface area contributed by atoms with Crippen LogP contribution in [0.4, 0.5) is 0 Å². The molecule has 0 saturated heterocycles. The van der Waals surface area contributed by atoms with Gasteiger partial charge < -0.3 is 5.32 Å². The molecule has 3 nitrogen and oxygen atoms in total. The van der Waals surface area contributed by atoms with Crippen LogP contribution in [0.5, 0.6) is 0 Å². The van der Waals surface area contributed by atoms with Crippen molar-refractivity contribution in [1.82, 2.24) is 15.5 Å². The van der Waals surface area contributed by atoms with Gasteiger partial charge in [-0.1, -0.05) is 18.3 Å². The molecule has 2 saturated carbocycles. The molecule has 1 N–H and O–H groups in total. The van der Waals surface area contributed by atoms with Crippen LogP contribution in [-0.2, 0) is 0 Å². The lowest BCUT2D eigenvalue weighted by Gasteiger charge is -2.09. The molecule has 1 aromatic rings. The van der Waals surface area contributed by atoms with Gasteiger partial charge >= 0.3 is 0 Å². The molecule has 94 valence electrons. The van der Waals surface area contributed by atoms with Crippen molar-refractivity contribution in [3.05, 3.63) is 10.0 Å². The molecule has 2 fully saturated rings. The van der Waals surface area contributed by atoms with Crippen molar-refractivity contribution in [1.29, 1.82) is 0 Å². The van der Waals surface area contributed by atoms with Crippen LogP contribution in [-0.4, -0.2) is 16.7 Å². The lowest BCUT2D eigenvalue weighted by Crippen LogP contribution is -2.19. The van der Waals surface area contributed by atoms with Gasteiger partial charge in [0, 0.05) is 5.92 Å². The molecular formula is C13H21N3S. The van der Waals surface area contributed by atoms with E-state index in [0.717, 1.165) is 29.3 Å². The lowest BCUT2D eigenvalue weighted by atomic mass is 10.1. The van der Waals surface area contributed by atoms with Gasteiger partial charge in [-0.25, -0.2) is 0 Å². The van der Waals surface area contributed by atoms with Crippen molar-refractivity contribution in [2.45, 2.75) is 51.5 Å². The Morgan fingerprint density at radius 2 is 2.06 bits per heavy atom. The molecule has 2 aliphatic carbocycles. The topological polar surface area (TPSA) is 37.8 Å². The summed E-state index contributed by atoms with van der Waals surface area (Å²) >= 11 is 1.83. The van der Waals surface area contributed by atoms with Gasteiger partial charge in [-0.3, -0.25) is 0 Å². The van der Waals surface area contributed by atoms with E-state index in [1.807, 2.05) is 11.3 Å². The molecule has 0 spiro atoms. The summed E-state index contributed by atoms with van der Waals surface area (Å²) in [5.41, 5.74) is 0. The van der Waals surface area contributed by atoms with E-state index in [1.165, 1.54) is 30.7 Å². The number of hydrogen-bond acceptors (Lipinski definition) is 4. The number of aromatic nitrogens is 2. The summed E-state index contributed by atoms with van der Waals surface area (Å²) in [6, 6.07) is 0.358. The molecule has 0 aromatic carbocycles. The van der Waals surface area contributed by atoms with Gasteiger partial charge in [0.05, 0.1) is 6.04 Å². The summed E-state index contributed by atoms with van der Waals surface area (Å²) in [6.45, 7) is 5.44. The van der Waals surface area contributed by atoms with Crippen LogP contribution >= 0.6 is 11.3 Å². The zero-order chi connectivity index (χ0) is 11.8. The predicted octanol–water partition coefficient (Wildman–Crippen LogP) is 3.11. The van der Waals surface area contributed by atoms with Gasteiger partial charge in [-0.2, -0.15) is 0 Å². The highest BCUT2D eigenvalue weighted by Crippen LogP contribution is 2.57. The monoisotopic (exact) mass is 251 g/mol.